The zero-order valence-corrected chi connectivity index (χ0v) is 18.3. The molecule has 29 heavy (non-hydrogen) atoms. The lowest BCUT2D eigenvalue weighted by molar-refractivity contribution is -0.125. The predicted molar refractivity (Wildman–Crippen MR) is 113 cm³/mol. The van der Waals surface area contributed by atoms with Gasteiger partial charge in [0.15, 0.2) is 0 Å². The lowest BCUT2D eigenvalue weighted by atomic mass is 10.0. The largest absolute Gasteiger partial charge is 0.489 e. The highest BCUT2D eigenvalue weighted by molar-refractivity contribution is 5.83. The Balaban J connectivity index is 2.50. The zero-order chi connectivity index (χ0) is 21.8. The lowest BCUT2D eigenvalue weighted by Gasteiger charge is -2.23. The Morgan fingerprint density at radius 3 is 2.55 bits per heavy atom. The van der Waals surface area contributed by atoms with Gasteiger partial charge >= 0.3 is 0 Å². The first kappa shape index (κ1) is 24.9. The van der Waals surface area contributed by atoms with E-state index in [1.54, 1.807) is 6.07 Å². The number of rotatable bonds is 13. The van der Waals surface area contributed by atoms with Crippen LogP contribution >= 0.6 is 0 Å². The Hall–Kier alpha value is -2.15. The lowest BCUT2D eigenvalue weighted by Crippen LogP contribution is -2.38. The number of carbonyl (C=O) groups excluding carboxylic acids is 2. The number of hydrogen-bond acceptors (Lipinski definition) is 4. The summed E-state index contributed by atoms with van der Waals surface area (Å²) in [4.78, 5) is 22.4. The van der Waals surface area contributed by atoms with E-state index in [4.69, 9.17) is 4.74 Å². The van der Waals surface area contributed by atoms with Crippen LogP contribution in [0, 0.1) is 11.7 Å². The van der Waals surface area contributed by atoms with Gasteiger partial charge in [0.25, 0.3) is 0 Å². The van der Waals surface area contributed by atoms with Crippen molar-refractivity contribution < 1.29 is 18.7 Å². The molecule has 0 aromatic heterocycles. The van der Waals surface area contributed by atoms with Gasteiger partial charge in [-0.2, -0.15) is 0 Å². The normalized spacial score (nSPS) is 14.0. The van der Waals surface area contributed by atoms with E-state index in [-0.39, 0.29) is 30.3 Å². The minimum atomic E-state index is -0.333. The minimum Gasteiger partial charge on any atom is -0.489 e. The number of ether oxygens (including phenoxy) is 1. The molecule has 3 N–H and O–H groups in total. The second-order valence-corrected chi connectivity index (χ2v) is 7.63. The fraction of sp³-hybridized carbons (Fsp3) is 0.636. The van der Waals surface area contributed by atoms with E-state index < -0.39 is 0 Å². The quantitative estimate of drug-likeness (QED) is 0.438. The molecule has 6 nitrogen and oxygen atoms in total. The molecule has 0 spiro atoms. The SMILES string of the molecule is CCC(C)C(C)NC[C@@H](C)Oc1cc(F)ccc1CCCNC(=O)CNC(C)=O. The summed E-state index contributed by atoms with van der Waals surface area (Å²) in [6.45, 7) is 11.0. The fourth-order valence-electron chi connectivity index (χ4n) is 2.78. The number of hydrogen-bond donors (Lipinski definition) is 3. The maximum absolute atomic E-state index is 13.7. The number of aryl methyl sites for hydroxylation is 1. The molecule has 0 aliphatic heterocycles. The van der Waals surface area contributed by atoms with Crippen LogP contribution in [0.25, 0.3) is 0 Å². The van der Waals surface area contributed by atoms with Crippen molar-refractivity contribution in [1.29, 1.82) is 0 Å². The van der Waals surface area contributed by atoms with Crippen molar-refractivity contribution in [3.05, 3.63) is 29.6 Å². The van der Waals surface area contributed by atoms with E-state index in [9.17, 15) is 14.0 Å². The molecule has 0 heterocycles. The molecule has 3 atom stereocenters. The van der Waals surface area contributed by atoms with Gasteiger partial charge < -0.3 is 20.7 Å². The third-order valence-corrected chi connectivity index (χ3v) is 5.03. The first-order chi connectivity index (χ1) is 13.7. The summed E-state index contributed by atoms with van der Waals surface area (Å²) in [6.07, 6.45) is 2.35. The van der Waals surface area contributed by atoms with E-state index in [1.165, 1.54) is 19.1 Å². The molecule has 1 rings (SSSR count). The van der Waals surface area contributed by atoms with Gasteiger partial charge in [-0.05, 0) is 44.2 Å². The van der Waals surface area contributed by atoms with Crippen molar-refractivity contribution in [2.45, 2.75) is 66.0 Å². The summed E-state index contributed by atoms with van der Waals surface area (Å²) in [5, 5.41) is 8.68. The Morgan fingerprint density at radius 2 is 1.90 bits per heavy atom. The van der Waals surface area contributed by atoms with Crippen LogP contribution in [-0.2, 0) is 16.0 Å². The van der Waals surface area contributed by atoms with Crippen molar-refractivity contribution in [2.75, 3.05) is 19.6 Å². The molecule has 0 aliphatic carbocycles. The topological polar surface area (TPSA) is 79.5 Å². The Kier molecular flexibility index (Phi) is 11.3. The molecule has 1 aromatic rings. The molecule has 0 aliphatic rings. The summed E-state index contributed by atoms with van der Waals surface area (Å²) in [7, 11) is 0. The molecule has 1 aromatic carbocycles. The van der Waals surface area contributed by atoms with Gasteiger partial charge in [-0.15, -0.1) is 0 Å². The number of benzene rings is 1. The Morgan fingerprint density at radius 1 is 1.17 bits per heavy atom. The third-order valence-electron chi connectivity index (χ3n) is 5.03. The second kappa shape index (κ2) is 13.1. The second-order valence-electron chi connectivity index (χ2n) is 7.63. The third kappa shape index (κ3) is 10.3. The van der Waals surface area contributed by atoms with E-state index in [0.29, 0.717) is 43.6 Å². The van der Waals surface area contributed by atoms with Crippen LogP contribution in [0.3, 0.4) is 0 Å². The number of amides is 2. The highest BCUT2D eigenvalue weighted by Crippen LogP contribution is 2.22. The number of halogens is 1. The van der Waals surface area contributed by atoms with Gasteiger partial charge in [0.2, 0.25) is 11.8 Å². The van der Waals surface area contributed by atoms with Crippen molar-refractivity contribution in [1.82, 2.24) is 16.0 Å². The molecule has 0 bridgehead atoms. The van der Waals surface area contributed by atoms with Crippen LogP contribution in [-0.4, -0.2) is 43.6 Å². The monoisotopic (exact) mass is 409 g/mol. The maximum atomic E-state index is 13.7. The molecule has 0 saturated carbocycles. The highest BCUT2D eigenvalue weighted by atomic mass is 19.1. The molecule has 0 fully saturated rings. The van der Waals surface area contributed by atoms with Gasteiger partial charge in [0.1, 0.15) is 17.7 Å². The van der Waals surface area contributed by atoms with E-state index in [0.717, 1.165) is 12.0 Å². The van der Waals surface area contributed by atoms with Gasteiger partial charge in [-0.3, -0.25) is 9.59 Å². The molecule has 164 valence electrons. The summed E-state index contributed by atoms with van der Waals surface area (Å²) in [6, 6.07) is 4.95. The highest BCUT2D eigenvalue weighted by Gasteiger charge is 2.14. The average molecular weight is 410 g/mol. The van der Waals surface area contributed by atoms with E-state index in [2.05, 4.69) is 36.7 Å². The van der Waals surface area contributed by atoms with Gasteiger partial charge in [0, 0.05) is 32.1 Å². The number of carbonyl (C=O) groups is 2. The van der Waals surface area contributed by atoms with Crippen LogP contribution in [0.4, 0.5) is 4.39 Å². The van der Waals surface area contributed by atoms with E-state index in [1.807, 2.05) is 6.92 Å². The Labute approximate surface area is 174 Å². The summed E-state index contributed by atoms with van der Waals surface area (Å²) in [5.41, 5.74) is 0.907. The summed E-state index contributed by atoms with van der Waals surface area (Å²) >= 11 is 0. The van der Waals surface area contributed by atoms with Gasteiger partial charge in [0.05, 0.1) is 6.54 Å². The molecule has 7 heteroatoms. The van der Waals surface area contributed by atoms with Crippen LogP contribution in [0.1, 0.15) is 53.0 Å². The van der Waals surface area contributed by atoms with Crippen LogP contribution in [0.2, 0.25) is 0 Å². The molecular weight excluding hydrogens is 373 g/mol. The molecule has 2 amide bonds. The first-order valence-electron chi connectivity index (χ1n) is 10.4. The van der Waals surface area contributed by atoms with Crippen molar-refractivity contribution in [2.24, 2.45) is 5.92 Å². The van der Waals surface area contributed by atoms with Crippen LogP contribution in [0.5, 0.6) is 5.75 Å². The van der Waals surface area contributed by atoms with Gasteiger partial charge in [-0.25, -0.2) is 4.39 Å². The summed E-state index contributed by atoms with van der Waals surface area (Å²) < 4.78 is 19.7. The van der Waals surface area contributed by atoms with Crippen LogP contribution < -0.4 is 20.7 Å². The minimum absolute atomic E-state index is 0.0279. The maximum Gasteiger partial charge on any atom is 0.239 e. The van der Waals surface area contributed by atoms with Crippen molar-refractivity contribution >= 4 is 11.8 Å². The molecule has 0 saturated heterocycles. The zero-order valence-electron chi connectivity index (χ0n) is 18.3. The van der Waals surface area contributed by atoms with Crippen molar-refractivity contribution in [3.8, 4) is 5.75 Å². The van der Waals surface area contributed by atoms with E-state index >= 15 is 0 Å². The fourth-order valence-corrected chi connectivity index (χ4v) is 2.78. The molecule has 0 radical (unpaired) electrons. The van der Waals surface area contributed by atoms with Crippen molar-refractivity contribution in [3.63, 3.8) is 0 Å². The Bertz CT molecular complexity index is 654. The molecule has 2 unspecified atom stereocenters. The average Bonchev–Trinajstić information content (AvgIpc) is 2.68. The predicted octanol–water partition coefficient (Wildman–Crippen LogP) is 2.80. The molecular formula is C22H36FN3O3. The number of nitrogens with one attached hydrogen (secondary N) is 3. The van der Waals surface area contributed by atoms with Gasteiger partial charge in [-0.1, -0.05) is 26.3 Å². The standard InChI is InChI=1S/C22H36FN3O3/c1-6-15(2)17(4)25-13-16(3)29-21-12-20(23)10-9-19(21)8-7-11-24-22(28)14-26-18(5)27/h9-10,12,15-17,25H,6-8,11,13-14H2,1-5H3,(H,24,28)(H,26,27)/t15?,16-,17?/m1/s1. The summed E-state index contributed by atoms with van der Waals surface area (Å²) in [5.74, 6) is 0.314. The first-order valence-corrected chi connectivity index (χ1v) is 10.4. The smallest absolute Gasteiger partial charge is 0.239 e. The van der Waals surface area contributed by atoms with Crippen LogP contribution in [0.15, 0.2) is 18.2 Å².